The molecule has 1 aliphatic heterocycles. The summed E-state index contributed by atoms with van der Waals surface area (Å²) in [5.74, 6) is -2.83. The van der Waals surface area contributed by atoms with Gasteiger partial charge in [-0.25, -0.2) is 9.97 Å². The molecule has 3 heterocycles. The molecule has 0 bridgehead atoms. The maximum Gasteiger partial charge on any atom is 0.314 e. The van der Waals surface area contributed by atoms with Crippen molar-refractivity contribution in [2.45, 2.75) is 19.1 Å². The third-order valence-corrected chi connectivity index (χ3v) is 5.67. The van der Waals surface area contributed by atoms with Crippen molar-refractivity contribution in [1.29, 1.82) is 0 Å². The largest absolute Gasteiger partial charge is 0.375 e. The predicted octanol–water partition coefficient (Wildman–Crippen LogP) is 0.206. The molecule has 0 radical (unpaired) electrons. The van der Waals surface area contributed by atoms with Gasteiger partial charge < -0.3 is 25.6 Å². The number of likely N-dealkylation sites (N-methyl/N-ethyl adjacent to an activating group) is 1. The summed E-state index contributed by atoms with van der Waals surface area (Å²) in [6.07, 6.45) is 1.94. The van der Waals surface area contributed by atoms with E-state index in [9.17, 15) is 19.2 Å². The first-order chi connectivity index (χ1) is 15.2. The number of ether oxygens (including phenoxy) is 1. The molecule has 0 aliphatic carbocycles. The zero-order valence-corrected chi connectivity index (χ0v) is 18.9. The average molecular weight is 481 g/mol. The molecule has 13 heteroatoms. The van der Waals surface area contributed by atoms with Crippen molar-refractivity contribution in [2.24, 2.45) is 0 Å². The number of hydrogen-bond acceptors (Lipinski definition) is 8. The first-order valence-electron chi connectivity index (χ1n) is 9.53. The van der Waals surface area contributed by atoms with E-state index < -0.39 is 29.7 Å². The number of carbonyl (C=O) groups excluding carboxylic acids is 4. The smallest absolute Gasteiger partial charge is 0.314 e. The standard InChI is InChI=1S/C19H21ClN6O5S/c1-26(2)19(30)12(23-17(29)18-24-11-5-6-31-9-13(11)32-18)8-22-15(27)16(28)25-14-4-3-10(20)7-21-14/h3-4,7,12H,5-6,8-9H2,1-2H3,(H,22,27)(H,23,29)(H,21,25,28)/t12-/m0/s1. The van der Waals surface area contributed by atoms with E-state index in [1.165, 1.54) is 48.7 Å². The van der Waals surface area contributed by atoms with Crippen LogP contribution in [0.1, 0.15) is 20.4 Å². The summed E-state index contributed by atoms with van der Waals surface area (Å²) >= 11 is 6.93. The van der Waals surface area contributed by atoms with Crippen molar-refractivity contribution in [2.75, 3.05) is 32.6 Å². The van der Waals surface area contributed by atoms with Gasteiger partial charge in [-0.15, -0.1) is 11.3 Å². The Morgan fingerprint density at radius 3 is 2.69 bits per heavy atom. The first-order valence-corrected chi connectivity index (χ1v) is 10.7. The summed E-state index contributed by atoms with van der Waals surface area (Å²) in [6.45, 7) is 0.643. The third kappa shape index (κ3) is 5.99. The molecule has 32 heavy (non-hydrogen) atoms. The number of nitrogens with one attached hydrogen (secondary N) is 3. The number of carbonyl (C=O) groups is 4. The minimum absolute atomic E-state index is 0.139. The summed E-state index contributed by atoms with van der Waals surface area (Å²) < 4.78 is 5.36. The molecule has 3 rings (SSSR count). The summed E-state index contributed by atoms with van der Waals surface area (Å²) in [5, 5.41) is 7.82. The number of pyridine rings is 1. The lowest BCUT2D eigenvalue weighted by Crippen LogP contribution is -2.53. The fourth-order valence-electron chi connectivity index (χ4n) is 2.75. The van der Waals surface area contributed by atoms with Crippen molar-refractivity contribution in [1.82, 2.24) is 25.5 Å². The zero-order chi connectivity index (χ0) is 23.3. The lowest BCUT2D eigenvalue weighted by molar-refractivity contribution is -0.136. The highest BCUT2D eigenvalue weighted by Crippen LogP contribution is 2.23. The van der Waals surface area contributed by atoms with E-state index in [-0.39, 0.29) is 17.4 Å². The maximum absolute atomic E-state index is 12.7. The quantitative estimate of drug-likeness (QED) is 0.501. The van der Waals surface area contributed by atoms with Crippen LogP contribution in [0.5, 0.6) is 0 Å². The topological polar surface area (TPSA) is 143 Å². The van der Waals surface area contributed by atoms with Gasteiger partial charge in [-0.1, -0.05) is 11.6 Å². The monoisotopic (exact) mass is 480 g/mol. The number of amides is 4. The van der Waals surface area contributed by atoms with Crippen LogP contribution in [0.2, 0.25) is 5.02 Å². The molecule has 2 aromatic rings. The zero-order valence-electron chi connectivity index (χ0n) is 17.3. The van der Waals surface area contributed by atoms with Crippen molar-refractivity contribution in [3.63, 3.8) is 0 Å². The van der Waals surface area contributed by atoms with E-state index in [2.05, 4.69) is 25.9 Å². The van der Waals surface area contributed by atoms with Crippen LogP contribution in [0.4, 0.5) is 5.82 Å². The Morgan fingerprint density at radius 2 is 2.03 bits per heavy atom. The maximum atomic E-state index is 12.7. The van der Waals surface area contributed by atoms with Gasteiger partial charge in [0.25, 0.3) is 5.91 Å². The molecule has 1 atom stereocenters. The minimum Gasteiger partial charge on any atom is -0.375 e. The third-order valence-electron chi connectivity index (χ3n) is 4.38. The van der Waals surface area contributed by atoms with Crippen LogP contribution >= 0.6 is 22.9 Å². The van der Waals surface area contributed by atoms with Gasteiger partial charge in [0.1, 0.15) is 11.9 Å². The van der Waals surface area contributed by atoms with Gasteiger partial charge in [-0.2, -0.15) is 0 Å². The number of anilines is 1. The molecular weight excluding hydrogens is 460 g/mol. The summed E-state index contributed by atoms with van der Waals surface area (Å²) in [6, 6.07) is 1.84. The van der Waals surface area contributed by atoms with Crippen molar-refractivity contribution in [3.8, 4) is 0 Å². The second kappa shape index (κ2) is 10.5. The second-order valence-corrected chi connectivity index (χ2v) is 8.50. The number of thiazole rings is 1. The highest BCUT2D eigenvalue weighted by molar-refractivity contribution is 7.13. The summed E-state index contributed by atoms with van der Waals surface area (Å²) in [4.78, 5) is 59.7. The van der Waals surface area contributed by atoms with Gasteiger partial charge in [-0.3, -0.25) is 19.2 Å². The van der Waals surface area contributed by atoms with E-state index in [4.69, 9.17) is 16.3 Å². The summed E-state index contributed by atoms with van der Waals surface area (Å²) in [7, 11) is 3.03. The fourth-order valence-corrected chi connectivity index (χ4v) is 3.81. The number of nitrogens with zero attached hydrogens (tertiary/aromatic N) is 3. The highest BCUT2D eigenvalue weighted by Gasteiger charge is 2.27. The molecule has 4 amide bonds. The predicted molar refractivity (Wildman–Crippen MR) is 116 cm³/mol. The highest BCUT2D eigenvalue weighted by atomic mass is 35.5. The summed E-state index contributed by atoms with van der Waals surface area (Å²) in [5.41, 5.74) is 0.808. The van der Waals surface area contributed by atoms with Crippen LogP contribution in [0.15, 0.2) is 18.3 Å². The average Bonchev–Trinajstić information content (AvgIpc) is 3.21. The van der Waals surface area contributed by atoms with E-state index in [1.54, 1.807) is 0 Å². The molecule has 11 nitrogen and oxygen atoms in total. The molecule has 3 N–H and O–H groups in total. The molecule has 0 spiro atoms. The molecule has 0 fully saturated rings. The second-order valence-electron chi connectivity index (χ2n) is 6.98. The molecule has 2 aromatic heterocycles. The van der Waals surface area contributed by atoms with Gasteiger partial charge >= 0.3 is 11.8 Å². The number of rotatable bonds is 6. The van der Waals surface area contributed by atoms with E-state index in [0.717, 1.165) is 10.6 Å². The van der Waals surface area contributed by atoms with Crippen LogP contribution in [0, 0.1) is 0 Å². The van der Waals surface area contributed by atoms with Crippen LogP contribution in [0.3, 0.4) is 0 Å². The fraction of sp³-hybridized carbons (Fsp3) is 0.368. The van der Waals surface area contributed by atoms with Gasteiger partial charge in [0, 0.05) is 33.3 Å². The molecule has 0 unspecified atom stereocenters. The Kier molecular flexibility index (Phi) is 7.72. The van der Waals surface area contributed by atoms with Crippen LogP contribution in [0.25, 0.3) is 0 Å². The Balaban J connectivity index is 1.61. The number of halogens is 1. The SMILES string of the molecule is CN(C)C(=O)[C@H](CNC(=O)C(=O)Nc1ccc(Cl)cn1)NC(=O)c1nc2c(s1)COCC2. The Morgan fingerprint density at radius 1 is 1.25 bits per heavy atom. The molecule has 0 saturated heterocycles. The van der Waals surface area contributed by atoms with Crippen LogP contribution < -0.4 is 16.0 Å². The van der Waals surface area contributed by atoms with Crippen molar-refractivity contribution >= 4 is 52.4 Å². The number of aromatic nitrogens is 2. The van der Waals surface area contributed by atoms with Gasteiger partial charge in [0.2, 0.25) is 5.91 Å². The van der Waals surface area contributed by atoms with Gasteiger partial charge in [-0.05, 0) is 12.1 Å². The van der Waals surface area contributed by atoms with Crippen LogP contribution in [-0.4, -0.2) is 71.8 Å². The number of hydrogen-bond donors (Lipinski definition) is 3. The van der Waals surface area contributed by atoms with E-state index in [0.29, 0.717) is 24.7 Å². The molecule has 0 saturated carbocycles. The number of fused-ring (bicyclic) bond motifs is 1. The van der Waals surface area contributed by atoms with Crippen molar-refractivity contribution < 1.29 is 23.9 Å². The lowest BCUT2D eigenvalue weighted by Gasteiger charge is -2.21. The van der Waals surface area contributed by atoms with E-state index in [1.807, 2.05) is 0 Å². The Labute approximate surface area is 192 Å². The molecule has 0 aromatic carbocycles. The minimum atomic E-state index is -1.10. The van der Waals surface area contributed by atoms with Crippen molar-refractivity contribution in [3.05, 3.63) is 38.9 Å². The molecular formula is C19H21ClN6O5S. The Hall–Kier alpha value is -3.09. The van der Waals surface area contributed by atoms with Gasteiger partial charge in [0.15, 0.2) is 5.01 Å². The van der Waals surface area contributed by atoms with E-state index >= 15 is 0 Å². The lowest BCUT2D eigenvalue weighted by atomic mass is 10.2. The Bertz CT molecular complexity index is 1000. The molecule has 170 valence electrons. The van der Waals surface area contributed by atoms with Crippen LogP contribution in [-0.2, 0) is 32.1 Å². The molecule has 1 aliphatic rings. The first kappa shape index (κ1) is 23.6. The normalized spacial score (nSPS) is 13.5. The van der Waals surface area contributed by atoms with Gasteiger partial charge in [0.05, 0.1) is 28.8 Å².